The predicted molar refractivity (Wildman–Crippen MR) is 120 cm³/mol. The summed E-state index contributed by atoms with van der Waals surface area (Å²) >= 11 is 0. The Labute approximate surface area is 195 Å². The number of hydrogen-bond donors (Lipinski definition) is 1. The Hall–Kier alpha value is -3.59. The number of aromatic nitrogens is 2. The molecule has 34 heavy (non-hydrogen) atoms. The SMILES string of the molecule is Cc1ccc(CC(=O)C2(c3ccc4c(c3)OC(F)(F)O4)CC2)nc1-c1ccn(CCO)c(=O)c1.[HH]. The molecule has 0 saturated heterocycles. The van der Waals surface area contributed by atoms with Crippen LogP contribution in [0.2, 0.25) is 0 Å². The lowest BCUT2D eigenvalue weighted by Crippen LogP contribution is -2.26. The summed E-state index contributed by atoms with van der Waals surface area (Å²) < 4.78 is 37.1. The first kappa shape index (κ1) is 22.2. The van der Waals surface area contributed by atoms with Gasteiger partial charge >= 0.3 is 6.29 Å². The van der Waals surface area contributed by atoms with Crippen molar-refractivity contribution in [1.82, 2.24) is 9.55 Å². The number of ketones is 1. The molecule has 0 bridgehead atoms. The summed E-state index contributed by atoms with van der Waals surface area (Å²) in [5, 5.41) is 9.07. The maximum absolute atomic E-state index is 13.4. The summed E-state index contributed by atoms with van der Waals surface area (Å²) in [5.74, 6) is -0.185. The van der Waals surface area contributed by atoms with Crippen molar-refractivity contribution in [2.45, 2.75) is 44.4 Å². The Balaban J connectivity index is 0.00000289. The highest BCUT2D eigenvalue weighted by atomic mass is 19.3. The molecule has 2 aliphatic rings. The summed E-state index contributed by atoms with van der Waals surface area (Å²) in [5.41, 5.74) is 2.26. The fourth-order valence-electron chi connectivity index (χ4n) is 4.34. The average Bonchev–Trinajstić information content (AvgIpc) is 3.54. The van der Waals surface area contributed by atoms with E-state index in [1.165, 1.54) is 22.8 Å². The van der Waals surface area contributed by atoms with Gasteiger partial charge in [-0.25, -0.2) is 0 Å². The summed E-state index contributed by atoms with van der Waals surface area (Å²) in [7, 11) is 0. The van der Waals surface area contributed by atoms with Crippen LogP contribution in [0.15, 0.2) is 53.5 Å². The largest absolute Gasteiger partial charge is 0.586 e. The topological polar surface area (TPSA) is 90.7 Å². The number of fused-ring (bicyclic) bond motifs is 1. The normalized spacial score (nSPS) is 16.9. The van der Waals surface area contributed by atoms with Crippen molar-refractivity contribution in [2.24, 2.45) is 0 Å². The van der Waals surface area contributed by atoms with Crippen LogP contribution in [0.4, 0.5) is 8.78 Å². The van der Waals surface area contributed by atoms with Gasteiger partial charge in [-0.05, 0) is 55.2 Å². The number of aliphatic hydroxyl groups is 1. The van der Waals surface area contributed by atoms with Gasteiger partial charge in [0.1, 0.15) is 5.78 Å². The second kappa shape index (κ2) is 8.02. The molecule has 0 spiro atoms. The van der Waals surface area contributed by atoms with Crippen molar-refractivity contribution in [3.05, 3.63) is 75.8 Å². The van der Waals surface area contributed by atoms with E-state index < -0.39 is 11.7 Å². The number of ether oxygens (including phenoxy) is 2. The van der Waals surface area contributed by atoms with E-state index in [-0.39, 0.29) is 43.8 Å². The molecular weight excluding hydrogens is 446 g/mol. The van der Waals surface area contributed by atoms with E-state index in [1.54, 1.807) is 24.4 Å². The van der Waals surface area contributed by atoms with Crippen LogP contribution in [0.25, 0.3) is 11.3 Å². The van der Waals surface area contributed by atoms with E-state index in [4.69, 9.17) is 5.11 Å². The Morgan fingerprint density at radius 3 is 2.62 bits per heavy atom. The Morgan fingerprint density at radius 1 is 1.15 bits per heavy atom. The van der Waals surface area contributed by atoms with Crippen molar-refractivity contribution < 1.29 is 29.6 Å². The molecule has 178 valence electrons. The van der Waals surface area contributed by atoms with Gasteiger partial charge in [0, 0.05) is 37.9 Å². The number of hydrogen-bond acceptors (Lipinski definition) is 6. The third-order valence-electron chi connectivity index (χ3n) is 6.34. The molecule has 3 aromatic rings. The van der Waals surface area contributed by atoms with Gasteiger partial charge in [-0.2, -0.15) is 0 Å². The molecule has 1 aliphatic carbocycles. The Bertz CT molecular complexity index is 1350. The first-order chi connectivity index (χ1) is 16.2. The minimum atomic E-state index is -3.71. The molecular formula is C25H24F2N2O5. The molecule has 9 heteroatoms. The van der Waals surface area contributed by atoms with E-state index >= 15 is 0 Å². The monoisotopic (exact) mass is 470 g/mol. The van der Waals surface area contributed by atoms with Crippen molar-refractivity contribution >= 4 is 5.78 Å². The van der Waals surface area contributed by atoms with Crippen LogP contribution < -0.4 is 15.0 Å². The maximum Gasteiger partial charge on any atom is 0.586 e. The van der Waals surface area contributed by atoms with Crippen molar-refractivity contribution in [2.75, 3.05) is 6.61 Å². The summed E-state index contributed by atoms with van der Waals surface area (Å²) in [6.45, 7) is 1.94. The summed E-state index contributed by atoms with van der Waals surface area (Å²) in [4.78, 5) is 30.2. The van der Waals surface area contributed by atoms with Crippen molar-refractivity contribution in [3.63, 3.8) is 0 Å². The van der Waals surface area contributed by atoms with E-state index in [0.29, 0.717) is 35.4 Å². The minimum Gasteiger partial charge on any atom is -0.395 e. The first-order valence-electron chi connectivity index (χ1n) is 10.9. The standard InChI is InChI=1S/C25H22F2N2O5.H2/c1-15-2-4-18(28-23(15)16-6-9-29(10-11-30)22(32)12-16)14-21(31)24(7-8-24)17-3-5-19-20(13-17)34-25(26,27)33-19;/h2-6,9,12-13,30H,7-8,10-11,14H2,1H3;1H. The van der Waals surface area contributed by atoms with Gasteiger partial charge < -0.3 is 19.1 Å². The van der Waals surface area contributed by atoms with E-state index in [1.807, 2.05) is 13.0 Å². The highest BCUT2D eigenvalue weighted by molar-refractivity contribution is 5.94. The van der Waals surface area contributed by atoms with Crippen molar-refractivity contribution in [3.8, 4) is 22.8 Å². The Kier molecular flexibility index (Phi) is 5.24. The zero-order valence-electron chi connectivity index (χ0n) is 18.4. The van der Waals surface area contributed by atoms with Crippen LogP contribution in [-0.2, 0) is 23.2 Å². The van der Waals surface area contributed by atoms with E-state index in [9.17, 15) is 18.4 Å². The number of aliphatic hydroxyl groups excluding tert-OH is 1. The van der Waals surface area contributed by atoms with Gasteiger partial charge in [-0.3, -0.25) is 14.6 Å². The molecule has 7 nitrogen and oxygen atoms in total. The van der Waals surface area contributed by atoms with E-state index in [2.05, 4.69) is 14.5 Å². The summed E-state index contributed by atoms with van der Waals surface area (Å²) in [6.07, 6.45) is -0.801. The van der Waals surface area contributed by atoms with Crippen LogP contribution >= 0.6 is 0 Å². The number of pyridine rings is 2. The highest BCUT2D eigenvalue weighted by Gasteiger charge is 2.52. The van der Waals surface area contributed by atoms with Gasteiger partial charge in [0.05, 0.1) is 17.7 Å². The average molecular weight is 470 g/mol. The minimum absolute atomic E-state index is 0. The fourth-order valence-corrected chi connectivity index (χ4v) is 4.34. The predicted octanol–water partition coefficient (Wildman–Crippen LogP) is 3.62. The lowest BCUT2D eigenvalue weighted by atomic mass is 9.88. The number of carbonyl (C=O) groups is 1. The van der Waals surface area contributed by atoms with Gasteiger partial charge in [0.2, 0.25) is 0 Å². The molecule has 2 aromatic heterocycles. The molecule has 3 heterocycles. The number of halogens is 2. The molecule has 0 atom stereocenters. The molecule has 0 unspecified atom stereocenters. The number of Topliss-reactive ketones (excluding diaryl/α,β-unsaturated/α-hetero) is 1. The third-order valence-corrected chi connectivity index (χ3v) is 6.34. The smallest absolute Gasteiger partial charge is 0.395 e. The first-order valence-corrected chi connectivity index (χ1v) is 10.9. The number of aryl methyl sites for hydroxylation is 1. The molecule has 1 saturated carbocycles. The molecule has 0 amide bonds. The van der Waals surface area contributed by atoms with Crippen LogP contribution in [0.5, 0.6) is 11.5 Å². The van der Waals surface area contributed by atoms with E-state index in [0.717, 1.165) is 5.56 Å². The zero-order chi connectivity index (χ0) is 24.1. The van der Waals surface area contributed by atoms with Crippen LogP contribution in [0.1, 0.15) is 31.1 Å². The quantitative estimate of drug-likeness (QED) is 0.567. The lowest BCUT2D eigenvalue weighted by Gasteiger charge is -2.16. The number of nitrogens with zero attached hydrogens (tertiary/aromatic N) is 2. The van der Waals surface area contributed by atoms with Gasteiger partial charge in [-0.1, -0.05) is 12.1 Å². The molecule has 1 fully saturated rings. The van der Waals surface area contributed by atoms with Gasteiger partial charge in [0.25, 0.3) is 5.56 Å². The molecule has 1 N–H and O–H groups in total. The molecule has 1 aliphatic heterocycles. The van der Waals surface area contributed by atoms with Gasteiger partial charge in [-0.15, -0.1) is 8.78 Å². The molecule has 0 radical (unpaired) electrons. The van der Waals surface area contributed by atoms with Gasteiger partial charge in [0.15, 0.2) is 11.5 Å². The number of alkyl halides is 2. The molecule has 1 aromatic carbocycles. The van der Waals surface area contributed by atoms with Crippen LogP contribution in [-0.4, -0.2) is 33.3 Å². The molecule has 5 rings (SSSR count). The Morgan fingerprint density at radius 2 is 1.91 bits per heavy atom. The number of benzene rings is 1. The number of carbonyl (C=O) groups excluding carboxylic acids is 1. The van der Waals surface area contributed by atoms with Crippen molar-refractivity contribution in [1.29, 1.82) is 0 Å². The van der Waals surface area contributed by atoms with Crippen LogP contribution in [0.3, 0.4) is 0 Å². The number of rotatable bonds is 7. The highest BCUT2D eigenvalue weighted by Crippen LogP contribution is 2.52. The lowest BCUT2D eigenvalue weighted by molar-refractivity contribution is -0.286. The fraction of sp³-hybridized carbons (Fsp3) is 0.320. The second-order valence-corrected chi connectivity index (χ2v) is 8.65. The second-order valence-electron chi connectivity index (χ2n) is 8.65. The zero-order valence-corrected chi connectivity index (χ0v) is 18.4. The third kappa shape index (κ3) is 3.96. The summed E-state index contributed by atoms with van der Waals surface area (Å²) in [6, 6.07) is 11.3. The maximum atomic E-state index is 13.4. The van der Waals surface area contributed by atoms with Crippen LogP contribution in [0, 0.1) is 6.92 Å².